The van der Waals surface area contributed by atoms with Gasteiger partial charge in [-0.1, -0.05) is 83.3 Å². The third-order valence-electron chi connectivity index (χ3n) is 16.8. The molecule has 6 rings (SSSR count). The average molecular weight is 823 g/mol. The summed E-state index contributed by atoms with van der Waals surface area (Å²) in [4.78, 5) is 55.6. The summed E-state index contributed by atoms with van der Waals surface area (Å²) in [5.41, 5.74) is 1.15. The van der Waals surface area contributed by atoms with Gasteiger partial charge in [0.05, 0.1) is 23.8 Å². The zero-order chi connectivity index (χ0) is 43.0. The number of fused-ring (bicyclic) bond motifs is 7. The van der Waals surface area contributed by atoms with Crippen LogP contribution in [0.5, 0.6) is 0 Å². The first-order valence-corrected chi connectivity index (χ1v) is 22.5. The second-order valence-corrected chi connectivity index (χ2v) is 22.8. The number of hydrogen-bond donors (Lipinski definition) is 1. The summed E-state index contributed by atoms with van der Waals surface area (Å²) in [5, 5.41) is 10.3. The van der Waals surface area contributed by atoms with Crippen molar-refractivity contribution in [2.45, 2.75) is 172 Å². The maximum Gasteiger partial charge on any atom is 0.410 e. The number of benzene rings is 1. The highest BCUT2D eigenvalue weighted by molar-refractivity contribution is 6.30. The Labute approximate surface area is 353 Å². The van der Waals surface area contributed by atoms with Gasteiger partial charge in [0.15, 0.2) is 5.78 Å². The van der Waals surface area contributed by atoms with Crippen LogP contribution in [-0.4, -0.2) is 52.1 Å². The largest absolute Gasteiger partial charge is 0.481 e. The SMILES string of the molecule is CC(C)C1=C2[C@H]3CCC4[C@@]5(C)CC[C@H](OC(=O)CC(C)(C)C(=O)O)C(C)(C)C5CC[C@@]4(C)[C@]3(C)CC[C@@]2(C(=O)CN(Cc2ccc(Cl)cc2)C(=O)OC(C)(C)C)CC1. The fourth-order valence-electron chi connectivity index (χ4n) is 13.6. The van der Waals surface area contributed by atoms with Gasteiger partial charge in [0, 0.05) is 17.0 Å². The van der Waals surface area contributed by atoms with Crippen LogP contribution < -0.4 is 0 Å². The molecule has 2 unspecified atom stereocenters. The third kappa shape index (κ3) is 7.57. The van der Waals surface area contributed by atoms with Crippen molar-refractivity contribution in [3.05, 3.63) is 46.0 Å². The van der Waals surface area contributed by atoms with Crippen LogP contribution in [0.1, 0.15) is 159 Å². The molecule has 1 amide bonds. The minimum Gasteiger partial charge on any atom is -0.481 e. The maximum absolute atomic E-state index is 15.2. The topological polar surface area (TPSA) is 110 Å². The molecule has 0 spiro atoms. The van der Waals surface area contributed by atoms with Crippen molar-refractivity contribution >= 4 is 35.4 Å². The van der Waals surface area contributed by atoms with Gasteiger partial charge in [0.1, 0.15) is 11.7 Å². The van der Waals surface area contributed by atoms with Gasteiger partial charge >= 0.3 is 18.0 Å². The average Bonchev–Trinajstić information content (AvgIpc) is 3.51. The normalized spacial score (nSPS) is 34.3. The van der Waals surface area contributed by atoms with E-state index in [1.165, 1.54) is 11.1 Å². The van der Waals surface area contributed by atoms with E-state index in [1.807, 2.05) is 45.0 Å². The van der Waals surface area contributed by atoms with Crippen molar-refractivity contribution < 1.29 is 33.8 Å². The lowest BCUT2D eigenvalue weighted by Crippen LogP contribution is -2.66. The van der Waals surface area contributed by atoms with E-state index >= 15 is 4.79 Å². The van der Waals surface area contributed by atoms with Gasteiger partial charge in [0.25, 0.3) is 0 Å². The lowest BCUT2D eigenvalue weighted by Gasteiger charge is -2.72. The van der Waals surface area contributed by atoms with Gasteiger partial charge in [-0.2, -0.15) is 0 Å². The molecule has 8 nitrogen and oxygen atoms in total. The molecule has 58 heavy (non-hydrogen) atoms. The zero-order valence-electron chi connectivity index (χ0n) is 37.6. The van der Waals surface area contributed by atoms with Crippen LogP contribution in [0.25, 0.3) is 0 Å². The number of esters is 1. The number of carbonyl (C=O) groups is 4. The number of rotatable bonds is 10. The highest BCUT2D eigenvalue weighted by Gasteiger charge is 2.70. The van der Waals surface area contributed by atoms with E-state index in [2.05, 4.69) is 48.5 Å². The van der Waals surface area contributed by atoms with Gasteiger partial charge in [-0.15, -0.1) is 0 Å². The Morgan fingerprint density at radius 2 is 1.50 bits per heavy atom. The number of ether oxygens (including phenoxy) is 2. The Balaban J connectivity index is 1.28. The molecule has 4 fully saturated rings. The van der Waals surface area contributed by atoms with Crippen molar-refractivity contribution in [1.82, 2.24) is 4.90 Å². The summed E-state index contributed by atoms with van der Waals surface area (Å²) in [7, 11) is 0. The summed E-state index contributed by atoms with van der Waals surface area (Å²) in [6.07, 6.45) is 8.64. The molecule has 0 saturated heterocycles. The molecule has 1 N–H and O–H groups in total. The fourth-order valence-corrected chi connectivity index (χ4v) is 13.7. The van der Waals surface area contributed by atoms with Crippen LogP contribution in [0, 0.1) is 56.2 Å². The lowest BCUT2D eigenvalue weighted by molar-refractivity contribution is -0.233. The van der Waals surface area contributed by atoms with Crippen LogP contribution in [0.15, 0.2) is 35.4 Å². The van der Waals surface area contributed by atoms with Crippen molar-refractivity contribution in [3.63, 3.8) is 0 Å². The number of allylic oxidation sites excluding steroid dienone is 2. The molecule has 5 aliphatic rings. The summed E-state index contributed by atoms with van der Waals surface area (Å²) in [5.74, 6) is 0.194. The minimum atomic E-state index is -1.17. The van der Waals surface area contributed by atoms with Crippen molar-refractivity contribution in [1.29, 1.82) is 0 Å². The molecule has 4 saturated carbocycles. The zero-order valence-corrected chi connectivity index (χ0v) is 38.4. The van der Waals surface area contributed by atoms with E-state index in [9.17, 15) is 19.5 Å². The first-order chi connectivity index (χ1) is 26.7. The number of aliphatic carboxylic acids is 1. The van der Waals surface area contributed by atoms with E-state index in [1.54, 1.807) is 18.7 Å². The van der Waals surface area contributed by atoms with Crippen LogP contribution >= 0.6 is 11.6 Å². The number of carboxylic acids is 1. The molecule has 8 atom stereocenters. The number of halogens is 1. The van der Waals surface area contributed by atoms with Gasteiger partial charge in [0.2, 0.25) is 0 Å². The quantitative estimate of drug-likeness (QED) is 0.185. The number of carbonyl (C=O) groups excluding carboxylic acids is 3. The molecule has 9 heteroatoms. The first kappa shape index (κ1) is 44.7. The predicted molar refractivity (Wildman–Crippen MR) is 228 cm³/mol. The highest BCUT2D eigenvalue weighted by Crippen LogP contribution is 2.77. The molecule has 1 aromatic carbocycles. The van der Waals surface area contributed by atoms with Gasteiger partial charge < -0.3 is 14.6 Å². The minimum absolute atomic E-state index is 0.00246. The van der Waals surface area contributed by atoms with Gasteiger partial charge in [-0.3, -0.25) is 19.3 Å². The monoisotopic (exact) mass is 821 g/mol. The molecule has 1 aromatic rings. The second kappa shape index (κ2) is 15.2. The molecule has 5 aliphatic carbocycles. The van der Waals surface area contributed by atoms with Crippen LogP contribution in [-0.2, 0) is 30.4 Å². The number of Topliss-reactive ketones (excluding diaryl/α,β-unsaturated/α-hetero) is 1. The summed E-state index contributed by atoms with van der Waals surface area (Å²) >= 11 is 6.21. The van der Waals surface area contributed by atoms with E-state index in [0.29, 0.717) is 28.7 Å². The van der Waals surface area contributed by atoms with E-state index in [-0.39, 0.29) is 53.1 Å². The number of carboxylic acid groups (broad SMARTS) is 1. The molecule has 0 heterocycles. The molecular formula is C49H72ClNO7. The van der Waals surface area contributed by atoms with Crippen molar-refractivity contribution in [3.8, 4) is 0 Å². The van der Waals surface area contributed by atoms with Crippen LogP contribution in [0.3, 0.4) is 0 Å². The van der Waals surface area contributed by atoms with E-state index in [0.717, 1.165) is 69.8 Å². The second-order valence-electron chi connectivity index (χ2n) is 22.4. The Bertz CT molecular complexity index is 1820. The van der Waals surface area contributed by atoms with Gasteiger partial charge in [-0.05, 0) is 156 Å². The Hall–Kier alpha value is -2.87. The number of amides is 1. The number of hydrogen-bond acceptors (Lipinski definition) is 6. The third-order valence-corrected chi connectivity index (χ3v) is 17.1. The Morgan fingerprint density at radius 1 is 0.845 bits per heavy atom. The van der Waals surface area contributed by atoms with Crippen LogP contribution in [0.2, 0.25) is 5.02 Å². The standard InChI is InChI=1S/C49H72ClNO7/c1-30(2)33-19-24-49(37(52)29-51(42(56)58-43(3,4)5)28-31-13-15-32(50)16-14-31)26-25-47(11)34(40(33)49)17-18-36-46(10)22-21-38(57-39(53)27-44(6,7)41(54)55)45(8,9)35(46)20-23-48(36,47)12/h13-16,30,34-36,38H,17-29H2,1-12H3,(H,54,55)/t34-,35?,36?,38+,46+,47-,48-,49-/m1/s1. The fraction of sp³-hybridized carbons (Fsp3) is 0.755. The maximum atomic E-state index is 15.2. The predicted octanol–water partition coefficient (Wildman–Crippen LogP) is 11.9. The van der Waals surface area contributed by atoms with Gasteiger partial charge in [-0.25, -0.2) is 4.79 Å². The molecule has 0 bridgehead atoms. The lowest BCUT2D eigenvalue weighted by atomic mass is 9.33. The summed E-state index contributed by atoms with van der Waals surface area (Å²) < 4.78 is 12.1. The number of ketones is 1. The first-order valence-electron chi connectivity index (χ1n) is 22.1. The molecule has 0 aliphatic heterocycles. The van der Waals surface area contributed by atoms with E-state index in [4.69, 9.17) is 21.1 Å². The molecule has 0 aromatic heterocycles. The Morgan fingerprint density at radius 3 is 2.10 bits per heavy atom. The van der Waals surface area contributed by atoms with Crippen molar-refractivity contribution in [2.24, 2.45) is 56.2 Å². The molecular weight excluding hydrogens is 750 g/mol. The Kier molecular flexibility index (Phi) is 11.7. The van der Waals surface area contributed by atoms with Crippen LogP contribution in [0.4, 0.5) is 4.79 Å². The molecule has 0 radical (unpaired) electrons. The van der Waals surface area contributed by atoms with Crippen molar-refractivity contribution in [2.75, 3.05) is 6.54 Å². The smallest absolute Gasteiger partial charge is 0.410 e. The highest BCUT2D eigenvalue weighted by atomic mass is 35.5. The summed E-state index contributed by atoms with van der Waals surface area (Å²) in [6, 6.07) is 7.45. The summed E-state index contributed by atoms with van der Waals surface area (Å²) in [6.45, 7) is 25.8. The number of nitrogens with zero attached hydrogens (tertiary/aromatic N) is 1. The molecule has 322 valence electrons. The van der Waals surface area contributed by atoms with E-state index < -0.39 is 34.5 Å².